The van der Waals surface area contributed by atoms with Crippen LogP contribution < -0.4 is 10.0 Å². The van der Waals surface area contributed by atoms with Gasteiger partial charge in [-0.2, -0.15) is 13.2 Å². The van der Waals surface area contributed by atoms with Crippen molar-refractivity contribution in [3.05, 3.63) is 65.9 Å². The first kappa shape index (κ1) is 29.6. The molecule has 1 saturated carbocycles. The highest BCUT2D eigenvalue weighted by Crippen LogP contribution is 2.35. The highest BCUT2D eigenvalue weighted by atomic mass is 32.2. The molecular formula is C28H29F4N7O2S. The van der Waals surface area contributed by atoms with Gasteiger partial charge < -0.3 is 10.2 Å². The molecule has 1 aliphatic carbocycles. The maximum Gasteiger partial charge on any atom is 0.417 e. The second-order valence-corrected chi connectivity index (χ2v) is 12.2. The molecule has 3 heterocycles. The van der Waals surface area contributed by atoms with Gasteiger partial charge in [0.25, 0.3) is 10.0 Å². The number of hydrogen-bond donors (Lipinski definition) is 2. The number of aromatic nitrogens is 4. The standard InChI is InChI=1S/C28H29F4N7O2S/c1-16-12-23(36-24-14-34-27(37-26(16)24)35-18-5-7-19(8-6-18)39(2)3)17-4-9-22(21(29)13-17)38-42(40,41)25-15-33-11-10-20(25)28(30,31)32/h4,9-15,18-19,38H,5-8H2,1-3H3,(H,34,35,37)/t18-,19-. The van der Waals surface area contributed by atoms with Gasteiger partial charge in [-0.25, -0.2) is 27.8 Å². The second-order valence-electron chi connectivity index (χ2n) is 10.5. The summed E-state index contributed by atoms with van der Waals surface area (Å²) in [5.41, 5.74) is 0.706. The topological polar surface area (TPSA) is 113 Å². The minimum absolute atomic E-state index is 0.281. The normalized spacial score (nSPS) is 17.9. The van der Waals surface area contributed by atoms with Crippen LogP contribution in [-0.2, 0) is 16.2 Å². The van der Waals surface area contributed by atoms with Crippen LogP contribution in [0.1, 0.15) is 36.8 Å². The summed E-state index contributed by atoms with van der Waals surface area (Å²) in [6.45, 7) is 1.84. The van der Waals surface area contributed by atoms with Crippen LogP contribution in [0.3, 0.4) is 0 Å². The van der Waals surface area contributed by atoms with E-state index in [0.717, 1.165) is 49.6 Å². The molecule has 0 saturated heterocycles. The lowest BCUT2D eigenvalue weighted by Crippen LogP contribution is -2.36. The summed E-state index contributed by atoms with van der Waals surface area (Å²) in [5.74, 6) is -0.480. The molecule has 0 bridgehead atoms. The fourth-order valence-electron chi connectivity index (χ4n) is 5.10. The van der Waals surface area contributed by atoms with Gasteiger partial charge in [0, 0.05) is 30.0 Å². The molecule has 2 N–H and O–H groups in total. The van der Waals surface area contributed by atoms with Gasteiger partial charge in [-0.3, -0.25) is 9.71 Å². The van der Waals surface area contributed by atoms with Crippen molar-refractivity contribution in [1.82, 2.24) is 24.8 Å². The van der Waals surface area contributed by atoms with E-state index >= 15 is 4.39 Å². The molecule has 222 valence electrons. The van der Waals surface area contributed by atoms with E-state index in [9.17, 15) is 21.6 Å². The number of aryl methyl sites for hydroxylation is 1. The lowest BCUT2D eigenvalue weighted by atomic mass is 9.91. The lowest BCUT2D eigenvalue weighted by Gasteiger charge is -2.32. The van der Waals surface area contributed by atoms with Gasteiger partial charge in [-0.15, -0.1) is 0 Å². The summed E-state index contributed by atoms with van der Waals surface area (Å²) in [6.07, 6.45) is 2.27. The van der Waals surface area contributed by atoms with Crippen molar-refractivity contribution in [2.75, 3.05) is 24.1 Å². The number of halogens is 4. The molecule has 0 amide bonds. The molecule has 9 nitrogen and oxygen atoms in total. The van der Waals surface area contributed by atoms with Crippen molar-refractivity contribution in [3.8, 4) is 11.3 Å². The Labute approximate surface area is 240 Å². The maximum atomic E-state index is 15.0. The molecule has 4 aromatic rings. The summed E-state index contributed by atoms with van der Waals surface area (Å²) in [5, 5.41) is 3.42. The maximum absolute atomic E-state index is 15.0. The van der Waals surface area contributed by atoms with Crippen molar-refractivity contribution >= 4 is 32.7 Å². The first-order chi connectivity index (χ1) is 19.8. The minimum atomic E-state index is -4.94. The Morgan fingerprint density at radius 2 is 1.74 bits per heavy atom. The molecule has 1 fully saturated rings. The third-order valence-corrected chi connectivity index (χ3v) is 8.78. The van der Waals surface area contributed by atoms with Gasteiger partial charge in [-0.05, 0) is 76.5 Å². The van der Waals surface area contributed by atoms with Crippen LogP contribution in [0.15, 0.2) is 53.8 Å². The largest absolute Gasteiger partial charge is 0.417 e. The van der Waals surface area contributed by atoms with E-state index in [1.54, 1.807) is 12.3 Å². The molecule has 3 aromatic heterocycles. The number of rotatable bonds is 7. The van der Waals surface area contributed by atoms with Gasteiger partial charge >= 0.3 is 6.18 Å². The molecule has 1 aliphatic rings. The summed E-state index contributed by atoms with van der Waals surface area (Å²) in [4.78, 5) is 18.3. The van der Waals surface area contributed by atoms with Gasteiger partial charge in [0.15, 0.2) is 0 Å². The smallest absolute Gasteiger partial charge is 0.351 e. The molecule has 1 aromatic carbocycles. The van der Waals surface area contributed by atoms with Crippen LogP contribution in [0, 0.1) is 12.7 Å². The first-order valence-corrected chi connectivity index (χ1v) is 14.7. The van der Waals surface area contributed by atoms with Crippen LogP contribution in [0.4, 0.5) is 29.2 Å². The first-order valence-electron chi connectivity index (χ1n) is 13.2. The van der Waals surface area contributed by atoms with Crippen LogP contribution in [0.5, 0.6) is 0 Å². The van der Waals surface area contributed by atoms with Gasteiger partial charge in [0.1, 0.15) is 16.2 Å². The Bertz CT molecular complexity index is 1720. The third-order valence-electron chi connectivity index (χ3n) is 7.39. The number of pyridine rings is 2. The number of alkyl halides is 3. The van der Waals surface area contributed by atoms with Crippen molar-refractivity contribution in [2.24, 2.45) is 0 Å². The predicted octanol–water partition coefficient (Wildman–Crippen LogP) is 5.64. The predicted molar refractivity (Wildman–Crippen MR) is 151 cm³/mol. The number of nitrogens with one attached hydrogen (secondary N) is 2. The SMILES string of the molecule is Cc1cc(-c2ccc(NS(=O)(=O)c3cnccc3C(F)(F)F)c(F)c2)nc2cnc(N[C@H]3CC[C@H](N(C)C)CC3)nc12. The van der Waals surface area contributed by atoms with Crippen molar-refractivity contribution in [1.29, 1.82) is 0 Å². The average molecular weight is 604 g/mol. The average Bonchev–Trinajstić information content (AvgIpc) is 2.94. The Morgan fingerprint density at radius 3 is 2.40 bits per heavy atom. The summed E-state index contributed by atoms with van der Waals surface area (Å²) < 4.78 is 82.4. The summed E-state index contributed by atoms with van der Waals surface area (Å²) >= 11 is 0. The monoisotopic (exact) mass is 603 g/mol. The Hall–Kier alpha value is -3.91. The zero-order chi connectivity index (χ0) is 30.2. The van der Waals surface area contributed by atoms with Gasteiger partial charge in [0.05, 0.1) is 28.7 Å². The third kappa shape index (κ3) is 6.28. The van der Waals surface area contributed by atoms with E-state index in [0.29, 0.717) is 46.5 Å². The van der Waals surface area contributed by atoms with Gasteiger partial charge in [0.2, 0.25) is 5.95 Å². The molecule has 5 rings (SSSR count). The molecular weight excluding hydrogens is 574 g/mol. The van der Waals surface area contributed by atoms with Crippen LogP contribution in [-0.4, -0.2) is 59.4 Å². The van der Waals surface area contributed by atoms with Crippen molar-refractivity contribution in [3.63, 3.8) is 0 Å². The molecule has 0 atom stereocenters. The number of anilines is 2. The number of hydrogen-bond acceptors (Lipinski definition) is 8. The fourth-order valence-corrected chi connectivity index (χ4v) is 6.34. The minimum Gasteiger partial charge on any atom is -0.351 e. The Kier molecular flexibility index (Phi) is 8.03. The van der Waals surface area contributed by atoms with Crippen LogP contribution in [0.2, 0.25) is 0 Å². The van der Waals surface area contributed by atoms with E-state index in [4.69, 9.17) is 0 Å². The molecule has 0 aliphatic heterocycles. The highest BCUT2D eigenvalue weighted by molar-refractivity contribution is 7.92. The Balaban J connectivity index is 1.35. The molecule has 42 heavy (non-hydrogen) atoms. The quantitative estimate of drug-likeness (QED) is 0.261. The zero-order valence-electron chi connectivity index (χ0n) is 23.1. The van der Waals surface area contributed by atoms with E-state index < -0.39 is 38.2 Å². The van der Waals surface area contributed by atoms with E-state index in [1.807, 2.05) is 11.6 Å². The van der Waals surface area contributed by atoms with Crippen molar-refractivity contribution < 1.29 is 26.0 Å². The number of benzene rings is 1. The molecule has 0 unspecified atom stereocenters. The zero-order valence-corrected chi connectivity index (χ0v) is 23.9. The highest BCUT2D eigenvalue weighted by Gasteiger charge is 2.37. The van der Waals surface area contributed by atoms with Crippen LogP contribution >= 0.6 is 0 Å². The summed E-state index contributed by atoms with van der Waals surface area (Å²) in [6, 6.07) is 6.73. The number of nitrogens with zero attached hydrogens (tertiary/aromatic N) is 5. The van der Waals surface area contributed by atoms with Gasteiger partial charge in [-0.1, -0.05) is 6.07 Å². The number of fused-ring (bicyclic) bond motifs is 1. The van der Waals surface area contributed by atoms with Crippen molar-refractivity contribution in [2.45, 2.75) is 55.8 Å². The van der Waals surface area contributed by atoms with E-state index in [1.165, 1.54) is 6.07 Å². The fraction of sp³-hybridized carbons (Fsp3) is 0.357. The Morgan fingerprint density at radius 1 is 1.00 bits per heavy atom. The second kappa shape index (κ2) is 11.4. The summed E-state index contributed by atoms with van der Waals surface area (Å²) in [7, 11) is -0.605. The lowest BCUT2D eigenvalue weighted by molar-refractivity contribution is -0.139. The molecule has 14 heteroatoms. The number of sulfonamides is 1. The van der Waals surface area contributed by atoms with E-state index in [-0.39, 0.29) is 6.04 Å². The molecule has 0 spiro atoms. The van der Waals surface area contributed by atoms with E-state index in [2.05, 4.69) is 44.2 Å². The molecule has 0 radical (unpaired) electrons. The van der Waals surface area contributed by atoms with Crippen LogP contribution in [0.25, 0.3) is 22.3 Å².